The molecule has 3 nitrogen and oxygen atoms in total. The van der Waals surface area contributed by atoms with Crippen LogP contribution in [0.1, 0.15) is 38.3 Å². The van der Waals surface area contributed by atoms with Gasteiger partial charge in [0.15, 0.2) is 11.5 Å². The van der Waals surface area contributed by atoms with E-state index in [0.717, 1.165) is 34.3 Å². The maximum Gasteiger partial charge on any atom is 0.175 e. The molecule has 0 saturated heterocycles. The molecular formula is C20H25BrClNO2. The van der Waals surface area contributed by atoms with Crippen molar-refractivity contribution < 1.29 is 9.47 Å². The third kappa shape index (κ3) is 5.91. The van der Waals surface area contributed by atoms with E-state index in [1.807, 2.05) is 37.3 Å². The van der Waals surface area contributed by atoms with Gasteiger partial charge in [0.1, 0.15) is 6.61 Å². The summed E-state index contributed by atoms with van der Waals surface area (Å²) in [6, 6.07) is 12.3. The molecule has 0 radical (unpaired) electrons. The van der Waals surface area contributed by atoms with Crippen LogP contribution in [0.3, 0.4) is 0 Å². The zero-order valence-electron chi connectivity index (χ0n) is 14.9. The number of halogens is 2. The largest absolute Gasteiger partial charge is 0.490 e. The van der Waals surface area contributed by atoms with Gasteiger partial charge in [0.05, 0.1) is 11.1 Å². The summed E-state index contributed by atoms with van der Waals surface area (Å²) < 4.78 is 12.7. The average molecular weight is 427 g/mol. The molecule has 2 aromatic carbocycles. The summed E-state index contributed by atoms with van der Waals surface area (Å²) in [4.78, 5) is 0. The van der Waals surface area contributed by atoms with E-state index >= 15 is 0 Å². The minimum atomic E-state index is 0.392. The minimum absolute atomic E-state index is 0.392. The third-order valence-corrected chi connectivity index (χ3v) is 4.92. The van der Waals surface area contributed by atoms with Crippen LogP contribution in [0.4, 0.5) is 0 Å². The summed E-state index contributed by atoms with van der Waals surface area (Å²) in [6.07, 6.45) is 1.10. The molecule has 0 aromatic heterocycles. The van der Waals surface area contributed by atoms with Gasteiger partial charge in [-0.05, 0) is 60.0 Å². The standard InChI is InChI=1S/C20H25BrClNO2/c1-4-14(3)23-12-15-10-17(21)20(19(11-15)24-5-2)25-13-16-8-6-7-9-18(16)22/h6-11,14,23H,4-5,12-13H2,1-3H3. The first-order valence-electron chi connectivity index (χ1n) is 8.59. The summed E-state index contributed by atoms with van der Waals surface area (Å²) >= 11 is 9.83. The second-order valence-electron chi connectivity index (χ2n) is 5.91. The van der Waals surface area contributed by atoms with Crippen LogP contribution in [-0.2, 0) is 13.2 Å². The Labute approximate surface area is 163 Å². The fourth-order valence-corrected chi connectivity index (χ4v) is 3.12. The van der Waals surface area contributed by atoms with E-state index in [9.17, 15) is 0 Å². The number of hydrogen-bond acceptors (Lipinski definition) is 3. The number of nitrogens with one attached hydrogen (secondary N) is 1. The van der Waals surface area contributed by atoms with Crippen molar-refractivity contribution in [1.82, 2.24) is 5.32 Å². The molecule has 0 spiro atoms. The molecule has 2 aromatic rings. The molecule has 25 heavy (non-hydrogen) atoms. The smallest absolute Gasteiger partial charge is 0.175 e. The SMILES string of the molecule is CCOc1cc(CNC(C)CC)cc(Br)c1OCc1ccccc1Cl. The van der Waals surface area contributed by atoms with Gasteiger partial charge in [-0.3, -0.25) is 0 Å². The Hall–Kier alpha value is -1.23. The first kappa shape index (κ1) is 20.1. The van der Waals surface area contributed by atoms with Crippen molar-refractivity contribution in [1.29, 1.82) is 0 Å². The van der Waals surface area contributed by atoms with Gasteiger partial charge in [-0.1, -0.05) is 36.7 Å². The van der Waals surface area contributed by atoms with Crippen molar-refractivity contribution in [2.24, 2.45) is 0 Å². The molecule has 1 unspecified atom stereocenters. The zero-order chi connectivity index (χ0) is 18.2. The van der Waals surface area contributed by atoms with Crippen LogP contribution < -0.4 is 14.8 Å². The molecule has 0 aliphatic rings. The highest BCUT2D eigenvalue weighted by Gasteiger charge is 2.13. The molecule has 1 atom stereocenters. The molecule has 0 heterocycles. The van der Waals surface area contributed by atoms with Crippen molar-refractivity contribution in [2.75, 3.05) is 6.61 Å². The molecule has 5 heteroatoms. The summed E-state index contributed by atoms with van der Waals surface area (Å²) in [7, 11) is 0. The molecule has 0 aliphatic carbocycles. The predicted octanol–water partition coefficient (Wildman–Crippen LogP) is 5.97. The van der Waals surface area contributed by atoms with E-state index in [1.54, 1.807) is 0 Å². The Bertz CT molecular complexity index is 693. The normalized spacial score (nSPS) is 12.0. The summed E-state index contributed by atoms with van der Waals surface area (Å²) in [5, 5.41) is 4.20. The van der Waals surface area contributed by atoms with Gasteiger partial charge < -0.3 is 14.8 Å². The van der Waals surface area contributed by atoms with Crippen molar-refractivity contribution in [2.45, 2.75) is 46.4 Å². The van der Waals surface area contributed by atoms with Gasteiger partial charge in [0.25, 0.3) is 0 Å². The summed E-state index contributed by atoms with van der Waals surface area (Å²) in [5.41, 5.74) is 2.10. The van der Waals surface area contributed by atoms with Gasteiger partial charge >= 0.3 is 0 Å². The fourth-order valence-electron chi connectivity index (χ4n) is 2.33. The first-order valence-corrected chi connectivity index (χ1v) is 9.77. The lowest BCUT2D eigenvalue weighted by Crippen LogP contribution is -2.24. The highest BCUT2D eigenvalue weighted by atomic mass is 79.9. The average Bonchev–Trinajstić information content (AvgIpc) is 2.60. The van der Waals surface area contributed by atoms with Crippen molar-refractivity contribution >= 4 is 27.5 Å². The molecule has 1 N–H and O–H groups in total. The van der Waals surface area contributed by atoms with Crippen LogP contribution in [0.15, 0.2) is 40.9 Å². The van der Waals surface area contributed by atoms with Crippen molar-refractivity contribution in [3.8, 4) is 11.5 Å². The van der Waals surface area contributed by atoms with E-state index in [1.165, 1.54) is 0 Å². The second kappa shape index (κ2) is 10.0. The lowest BCUT2D eigenvalue weighted by atomic mass is 10.1. The van der Waals surface area contributed by atoms with E-state index < -0.39 is 0 Å². The molecular weight excluding hydrogens is 402 g/mol. The molecule has 0 amide bonds. The Kier molecular flexibility index (Phi) is 8.07. The second-order valence-corrected chi connectivity index (χ2v) is 7.17. The molecule has 136 valence electrons. The summed E-state index contributed by atoms with van der Waals surface area (Å²) in [5.74, 6) is 1.44. The van der Waals surface area contributed by atoms with Gasteiger partial charge in [-0.25, -0.2) is 0 Å². The van der Waals surface area contributed by atoms with Crippen LogP contribution >= 0.6 is 27.5 Å². The quantitative estimate of drug-likeness (QED) is 0.536. The van der Waals surface area contributed by atoms with Gasteiger partial charge in [0.2, 0.25) is 0 Å². The van der Waals surface area contributed by atoms with Crippen LogP contribution in [0.25, 0.3) is 0 Å². The molecule has 0 fully saturated rings. The van der Waals surface area contributed by atoms with Gasteiger partial charge in [0, 0.05) is 23.2 Å². The number of ether oxygens (including phenoxy) is 2. The van der Waals surface area contributed by atoms with E-state index in [0.29, 0.717) is 30.0 Å². The number of hydrogen-bond donors (Lipinski definition) is 1. The maximum atomic E-state index is 6.21. The lowest BCUT2D eigenvalue weighted by molar-refractivity contribution is 0.267. The minimum Gasteiger partial charge on any atom is -0.490 e. The van der Waals surface area contributed by atoms with Crippen LogP contribution in [0.5, 0.6) is 11.5 Å². The molecule has 0 bridgehead atoms. The Morgan fingerprint density at radius 1 is 1.16 bits per heavy atom. The van der Waals surface area contributed by atoms with E-state index in [-0.39, 0.29) is 0 Å². The first-order chi connectivity index (χ1) is 12.0. The topological polar surface area (TPSA) is 30.5 Å². The predicted molar refractivity (Wildman–Crippen MR) is 108 cm³/mol. The highest BCUT2D eigenvalue weighted by molar-refractivity contribution is 9.10. The molecule has 0 saturated carbocycles. The van der Waals surface area contributed by atoms with E-state index in [4.69, 9.17) is 21.1 Å². The lowest BCUT2D eigenvalue weighted by Gasteiger charge is -2.17. The molecule has 2 rings (SSSR count). The third-order valence-electron chi connectivity index (χ3n) is 3.97. The van der Waals surface area contributed by atoms with E-state index in [2.05, 4.69) is 41.2 Å². The number of rotatable bonds is 9. The zero-order valence-corrected chi connectivity index (χ0v) is 17.3. The van der Waals surface area contributed by atoms with Crippen LogP contribution in [0, 0.1) is 0 Å². The monoisotopic (exact) mass is 425 g/mol. The maximum absolute atomic E-state index is 6.21. The van der Waals surface area contributed by atoms with Crippen molar-refractivity contribution in [3.05, 3.63) is 57.0 Å². The Morgan fingerprint density at radius 3 is 2.60 bits per heavy atom. The van der Waals surface area contributed by atoms with Gasteiger partial charge in [-0.15, -0.1) is 0 Å². The Morgan fingerprint density at radius 2 is 1.92 bits per heavy atom. The Balaban J connectivity index is 2.17. The van der Waals surface area contributed by atoms with Crippen molar-refractivity contribution in [3.63, 3.8) is 0 Å². The van der Waals surface area contributed by atoms with Crippen LogP contribution in [-0.4, -0.2) is 12.6 Å². The van der Waals surface area contributed by atoms with Gasteiger partial charge in [-0.2, -0.15) is 0 Å². The number of benzene rings is 2. The fraction of sp³-hybridized carbons (Fsp3) is 0.400. The summed E-state index contributed by atoms with van der Waals surface area (Å²) in [6.45, 7) is 8.08. The highest BCUT2D eigenvalue weighted by Crippen LogP contribution is 2.37. The molecule has 0 aliphatic heterocycles. The van der Waals surface area contributed by atoms with Crippen LogP contribution in [0.2, 0.25) is 5.02 Å².